The molecule has 28 heavy (non-hydrogen) atoms. The topological polar surface area (TPSA) is 62.6 Å². The Morgan fingerprint density at radius 3 is 2.64 bits per heavy atom. The number of terminal acetylenes is 1. The van der Waals surface area contributed by atoms with E-state index in [4.69, 9.17) is 6.42 Å². The van der Waals surface area contributed by atoms with Crippen LogP contribution in [0.3, 0.4) is 0 Å². The van der Waals surface area contributed by atoms with Gasteiger partial charge in [0.2, 0.25) is 5.91 Å². The molecule has 144 valence electrons. The lowest BCUT2D eigenvalue weighted by Gasteiger charge is -2.19. The van der Waals surface area contributed by atoms with E-state index in [0.29, 0.717) is 18.0 Å². The quantitative estimate of drug-likeness (QED) is 0.557. The lowest BCUT2D eigenvalue weighted by Crippen LogP contribution is -2.33. The lowest BCUT2D eigenvalue weighted by atomic mass is 10.1. The number of benzene rings is 1. The summed E-state index contributed by atoms with van der Waals surface area (Å²) in [4.78, 5) is 40.2. The number of fused-ring (bicyclic) bond motifs is 1. The number of carbonyl (C=O) groups excluding carboxylic acids is 3. The SMILES string of the molecule is C#CCN1C(=O)S/C(=C\c2cn(CC(=O)N(CC)CC)c3ccccc23)C1=O. The molecule has 1 aliphatic rings. The van der Waals surface area contributed by atoms with Crippen molar-refractivity contribution in [1.82, 2.24) is 14.4 Å². The minimum Gasteiger partial charge on any atom is -0.342 e. The van der Waals surface area contributed by atoms with E-state index in [2.05, 4.69) is 5.92 Å². The molecular weight excluding hydrogens is 374 g/mol. The first kappa shape index (κ1) is 19.8. The Morgan fingerprint density at radius 2 is 1.96 bits per heavy atom. The number of likely N-dealkylation sites (N-methyl/N-ethyl adjacent to an activating group) is 1. The van der Waals surface area contributed by atoms with Gasteiger partial charge in [-0.2, -0.15) is 0 Å². The van der Waals surface area contributed by atoms with Gasteiger partial charge in [-0.15, -0.1) is 6.42 Å². The molecule has 2 heterocycles. The molecule has 1 fully saturated rings. The van der Waals surface area contributed by atoms with Crippen molar-refractivity contribution in [3.05, 3.63) is 40.9 Å². The summed E-state index contributed by atoms with van der Waals surface area (Å²) in [5, 5.41) is 0.549. The summed E-state index contributed by atoms with van der Waals surface area (Å²) in [6.07, 6.45) is 8.78. The molecule has 0 saturated carbocycles. The number of rotatable bonds is 6. The van der Waals surface area contributed by atoms with Gasteiger partial charge in [-0.3, -0.25) is 19.3 Å². The molecule has 0 unspecified atom stereocenters. The van der Waals surface area contributed by atoms with Crippen LogP contribution in [-0.4, -0.2) is 51.1 Å². The summed E-state index contributed by atoms with van der Waals surface area (Å²) < 4.78 is 1.88. The Hall–Kier alpha value is -2.98. The number of amides is 3. The van der Waals surface area contributed by atoms with Crippen molar-refractivity contribution in [3.63, 3.8) is 0 Å². The Morgan fingerprint density at radius 1 is 1.25 bits per heavy atom. The van der Waals surface area contributed by atoms with Crippen LogP contribution in [0.5, 0.6) is 0 Å². The Kier molecular flexibility index (Phi) is 5.90. The Bertz CT molecular complexity index is 1010. The maximum absolute atomic E-state index is 12.5. The molecule has 0 aliphatic carbocycles. The van der Waals surface area contributed by atoms with Gasteiger partial charge in [0, 0.05) is 35.8 Å². The van der Waals surface area contributed by atoms with Crippen molar-refractivity contribution < 1.29 is 14.4 Å². The fourth-order valence-corrected chi connectivity index (χ4v) is 4.04. The van der Waals surface area contributed by atoms with Gasteiger partial charge in [0.25, 0.3) is 11.1 Å². The van der Waals surface area contributed by atoms with Crippen LogP contribution in [-0.2, 0) is 16.1 Å². The van der Waals surface area contributed by atoms with Crippen LogP contribution in [0, 0.1) is 12.3 Å². The third-order valence-corrected chi connectivity index (χ3v) is 5.56. The highest BCUT2D eigenvalue weighted by molar-refractivity contribution is 8.18. The van der Waals surface area contributed by atoms with Gasteiger partial charge in [0.05, 0.1) is 11.4 Å². The molecule has 6 nitrogen and oxygen atoms in total. The van der Waals surface area contributed by atoms with Gasteiger partial charge in [0.15, 0.2) is 0 Å². The van der Waals surface area contributed by atoms with E-state index in [0.717, 1.165) is 33.1 Å². The average Bonchev–Trinajstić information content (AvgIpc) is 3.16. The van der Waals surface area contributed by atoms with Gasteiger partial charge in [-0.05, 0) is 37.8 Å². The molecule has 2 aromatic rings. The number of thioether (sulfide) groups is 1. The first-order chi connectivity index (χ1) is 13.5. The maximum atomic E-state index is 12.5. The van der Waals surface area contributed by atoms with E-state index in [1.165, 1.54) is 0 Å². The molecule has 0 spiro atoms. The molecule has 0 bridgehead atoms. The van der Waals surface area contributed by atoms with Crippen molar-refractivity contribution in [3.8, 4) is 12.3 Å². The number of imide groups is 1. The van der Waals surface area contributed by atoms with Crippen LogP contribution in [0.2, 0.25) is 0 Å². The molecule has 1 aliphatic heterocycles. The van der Waals surface area contributed by atoms with E-state index in [1.807, 2.05) is 48.9 Å². The molecule has 0 atom stereocenters. The number of para-hydroxylation sites is 1. The van der Waals surface area contributed by atoms with Gasteiger partial charge < -0.3 is 9.47 Å². The van der Waals surface area contributed by atoms with Crippen molar-refractivity contribution in [2.24, 2.45) is 0 Å². The zero-order valence-corrected chi connectivity index (χ0v) is 16.7. The predicted octanol–water partition coefficient (Wildman–Crippen LogP) is 3.18. The molecule has 1 aromatic carbocycles. The third kappa shape index (κ3) is 3.69. The van der Waals surface area contributed by atoms with Gasteiger partial charge in [0.1, 0.15) is 6.54 Å². The Balaban J connectivity index is 1.97. The fourth-order valence-electron chi connectivity index (χ4n) is 3.21. The van der Waals surface area contributed by atoms with Crippen molar-refractivity contribution in [2.75, 3.05) is 19.6 Å². The minimum atomic E-state index is -0.385. The molecule has 7 heteroatoms. The number of hydrogen-bond acceptors (Lipinski definition) is 4. The second-order valence-electron chi connectivity index (χ2n) is 6.27. The first-order valence-electron chi connectivity index (χ1n) is 9.04. The van der Waals surface area contributed by atoms with Crippen LogP contribution in [0.15, 0.2) is 35.4 Å². The second-order valence-corrected chi connectivity index (χ2v) is 7.26. The highest BCUT2D eigenvalue weighted by atomic mass is 32.2. The lowest BCUT2D eigenvalue weighted by molar-refractivity contribution is -0.131. The van der Waals surface area contributed by atoms with Crippen molar-refractivity contribution in [2.45, 2.75) is 20.4 Å². The van der Waals surface area contributed by atoms with E-state index >= 15 is 0 Å². The van der Waals surface area contributed by atoms with E-state index in [-0.39, 0.29) is 30.1 Å². The zero-order valence-electron chi connectivity index (χ0n) is 15.8. The summed E-state index contributed by atoms with van der Waals surface area (Å²) >= 11 is 0.879. The van der Waals surface area contributed by atoms with Crippen LogP contribution in [0.1, 0.15) is 19.4 Å². The summed E-state index contributed by atoms with van der Waals surface area (Å²) in [6.45, 7) is 5.39. The van der Waals surface area contributed by atoms with E-state index < -0.39 is 0 Å². The second kappa shape index (κ2) is 8.36. The molecular formula is C21H21N3O3S. The van der Waals surface area contributed by atoms with Gasteiger partial charge >= 0.3 is 0 Å². The van der Waals surface area contributed by atoms with Crippen molar-refractivity contribution in [1.29, 1.82) is 0 Å². The number of carbonyl (C=O) groups is 3. The van der Waals surface area contributed by atoms with Crippen LogP contribution < -0.4 is 0 Å². The molecule has 1 aromatic heterocycles. The summed E-state index contributed by atoms with van der Waals surface area (Å²) in [5.41, 5.74) is 1.69. The molecule has 0 N–H and O–H groups in total. The monoisotopic (exact) mass is 395 g/mol. The molecule has 3 rings (SSSR count). The predicted molar refractivity (Wildman–Crippen MR) is 111 cm³/mol. The van der Waals surface area contributed by atoms with Gasteiger partial charge in [-0.1, -0.05) is 24.1 Å². The fraction of sp³-hybridized carbons (Fsp3) is 0.286. The third-order valence-electron chi connectivity index (χ3n) is 4.65. The Labute approximate surface area is 168 Å². The number of hydrogen-bond donors (Lipinski definition) is 0. The minimum absolute atomic E-state index is 0.0339. The van der Waals surface area contributed by atoms with Crippen LogP contribution >= 0.6 is 11.8 Å². The summed E-state index contributed by atoms with van der Waals surface area (Å²) in [7, 11) is 0. The zero-order chi connectivity index (χ0) is 20.3. The first-order valence-corrected chi connectivity index (χ1v) is 9.86. The number of nitrogens with zero attached hydrogens (tertiary/aromatic N) is 3. The highest BCUT2D eigenvalue weighted by Crippen LogP contribution is 2.33. The largest absolute Gasteiger partial charge is 0.342 e. The van der Waals surface area contributed by atoms with Crippen LogP contribution in [0.4, 0.5) is 4.79 Å². The summed E-state index contributed by atoms with van der Waals surface area (Å²) in [5.74, 6) is 1.98. The normalized spacial score (nSPS) is 15.5. The van der Waals surface area contributed by atoms with Crippen LogP contribution in [0.25, 0.3) is 17.0 Å². The summed E-state index contributed by atoms with van der Waals surface area (Å²) in [6, 6.07) is 7.68. The molecule has 1 saturated heterocycles. The maximum Gasteiger partial charge on any atom is 0.294 e. The average molecular weight is 395 g/mol. The van der Waals surface area contributed by atoms with E-state index in [9.17, 15) is 14.4 Å². The smallest absolute Gasteiger partial charge is 0.294 e. The van der Waals surface area contributed by atoms with E-state index in [1.54, 1.807) is 11.0 Å². The van der Waals surface area contributed by atoms with Gasteiger partial charge in [-0.25, -0.2) is 0 Å². The van der Waals surface area contributed by atoms with Crippen molar-refractivity contribution >= 4 is 45.8 Å². The molecule has 0 radical (unpaired) electrons. The highest BCUT2D eigenvalue weighted by Gasteiger charge is 2.34. The standard InChI is InChI=1S/C21H21N3O3S/c1-4-11-24-20(26)18(28-21(24)27)12-15-13-23(14-19(25)22(5-2)6-3)17-10-8-7-9-16(15)17/h1,7-10,12-13H,5-6,11,14H2,2-3H3/b18-12-. The molecule has 3 amide bonds. The number of aromatic nitrogens is 1.